The van der Waals surface area contributed by atoms with Gasteiger partial charge in [0.2, 0.25) is 11.8 Å². The third kappa shape index (κ3) is 5.28. The molecule has 4 rings (SSSR count). The molecule has 0 aromatic rings. The van der Waals surface area contributed by atoms with Crippen LogP contribution < -0.4 is 22.5 Å². The van der Waals surface area contributed by atoms with Gasteiger partial charge in [-0.15, -0.1) is 0 Å². The molecular formula is C24H42N6O2. The molecule has 2 amide bonds. The Balaban J connectivity index is 1.43. The van der Waals surface area contributed by atoms with Crippen molar-refractivity contribution < 1.29 is 9.59 Å². The molecular weight excluding hydrogens is 404 g/mol. The lowest BCUT2D eigenvalue weighted by Crippen LogP contribution is -2.52. The Morgan fingerprint density at radius 3 is 2.16 bits per heavy atom. The van der Waals surface area contributed by atoms with Crippen LogP contribution in [-0.4, -0.2) is 53.3 Å². The molecule has 3 aliphatic carbocycles. The van der Waals surface area contributed by atoms with Crippen LogP contribution in [0.3, 0.4) is 0 Å². The number of likely N-dealkylation sites (tertiary alicyclic amines) is 1. The molecule has 8 heteroatoms. The van der Waals surface area contributed by atoms with Gasteiger partial charge in [0.1, 0.15) is 0 Å². The molecule has 4 unspecified atom stereocenters. The average molecular weight is 447 g/mol. The number of hydrogen-bond donors (Lipinski definition) is 5. The first-order valence-corrected chi connectivity index (χ1v) is 12.8. The molecule has 32 heavy (non-hydrogen) atoms. The number of carbonyl (C=O) groups excluding carboxylic acids is 2. The van der Waals surface area contributed by atoms with Crippen molar-refractivity contribution in [3.8, 4) is 0 Å². The summed E-state index contributed by atoms with van der Waals surface area (Å²) in [5.41, 5.74) is 17.5. The first-order chi connectivity index (χ1) is 15.3. The molecule has 0 spiro atoms. The van der Waals surface area contributed by atoms with Gasteiger partial charge in [-0.05, 0) is 88.9 Å². The van der Waals surface area contributed by atoms with Crippen molar-refractivity contribution in [1.82, 2.24) is 10.2 Å². The molecule has 0 aromatic carbocycles. The highest BCUT2D eigenvalue weighted by atomic mass is 16.2. The number of nitrogens with zero attached hydrogens (tertiary/aromatic N) is 1. The van der Waals surface area contributed by atoms with Crippen molar-refractivity contribution in [2.45, 2.75) is 101 Å². The van der Waals surface area contributed by atoms with E-state index >= 15 is 0 Å². The van der Waals surface area contributed by atoms with E-state index in [0.29, 0.717) is 17.9 Å². The van der Waals surface area contributed by atoms with Crippen LogP contribution in [-0.2, 0) is 9.59 Å². The summed E-state index contributed by atoms with van der Waals surface area (Å²) in [5, 5.41) is 11.3. The third-order valence-electron chi connectivity index (χ3n) is 8.89. The molecule has 1 aliphatic heterocycles. The number of amidine groups is 1. The number of hydrogen-bond acceptors (Lipinski definition) is 5. The van der Waals surface area contributed by atoms with Crippen molar-refractivity contribution in [3.05, 3.63) is 0 Å². The molecule has 4 aliphatic rings. The van der Waals surface area contributed by atoms with Gasteiger partial charge in [-0.1, -0.05) is 0 Å². The second-order valence-corrected chi connectivity index (χ2v) is 11.0. The minimum atomic E-state index is -0.175. The molecule has 3 saturated carbocycles. The minimum Gasteiger partial charge on any atom is -0.387 e. The van der Waals surface area contributed by atoms with E-state index in [1.165, 1.54) is 0 Å². The summed E-state index contributed by atoms with van der Waals surface area (Å²) >= 11 is 0. The SMILES string of the molecule is N=C(N)C1CCC2CC(C(=O)NC3CCC(N)CC3)N(CC3CCC(C(N)=O)CC3)C2C1. The highest BCUT2D eigenvalue weighted by molar-refractivity contribution is 5.83. The minimum absolute atomic E-state index is 0.00567. The second-order valence-electron chi connectivity index (χ2n) is 11.0. The fourth-order valence-electron chi connectivity index (χ4n) is 6.84. The number of nitrogens with two attached hydrogens (primary N) is 3. The zero-order valence-electron chi connectivity index (χ0n) is 19.3. The fourth-order valence-corrected chi connectivity index (χ4v) is 6.84. The molecule has 0 aromatic heterocycles. The van der Waals surface area contributed by atoms with Crippen LogP contribution in [0.25, 0.3) is 0 Å². The van der Waals surface area contributed by atoms with Crippen molar-refractivity contribution >= 4 is 17.6 Å². The largest absolute Gasteiger partial charge is 0.387 e. The number of nitrogens with one attached hydrogen (secondary N) is 2. The Morgan fingerprint density at radius 1 is 0.875 bits per heavy atom. The first-order valence-electron chi connectivity index (χ1n) is 12.8. The molecule has 0 bridgehead atoms. The molecule has 8 nitrogen and oxygen atoms in total. The predicted octanol–water partition coefficient (Wildman–Crippen LogP) is 1.46. The second kappa shape index (κ2) is 10.1. The van der Waals surface area contributed by atoms with Crippen molar-refractivity contribution in [2.24, 2.45) is 40.9 Å². The Morgan fingerprint density at radius 2 is 1.53 bits per heavy atom. The summed E-state index contributed by atoms with van der Waals surface area (Å²) in [6.45, 7) is 0.894. The number of amides is 2. The van der Waals surface area contributed by atoms with Crippen LogP contribution in [0.2, 0.25) is 0 Å². The van der Waals surface area contributed by atoms with Gasteiger partial charge in [0.05, 0.1) is 11.9 Å². The highest BCUT2D eigenvalue weighted by Crippen LogP contribution is 2.43. The van der Waals surface area contributed by atoms with Crippen LogP contribution >= 0.6 is 0 Å². The standard InChI is InChI=1S/C24H42N6O2/c25-18-7-9-19(10-8-18)29-24(32)21-11-16-5-6-17(22(26)27)12-20(16)30(21)13-14-1-3-15(4-2-14)23(28)31/h14-21H,1-13,25H2,(H3,26,27)(H2,28,31)(H,29,32). The lowest BCUT2D eigenvalue weighted by Gasteiger charge is -2.40. The smallest absolute Gasteiger partial charge is 0.237 e. The summed E-state index contributed by atoms with van der Waals surface area (Å²) in [6, 6.07) is 0.734. The Hall–Kier alpha value is -1.67. The quantitative estimate of drug-likeness (QED) is 0.309. The lowest BCUT2D eigenvalue weighted by molar-refractivity contribution is -0.127. The highest BCUT2D eigenvalue weighted by Gasteiger charge is 2.48. The lowest BCUT2D eigenvalue weighted by atomic mass is 9.77. The van der Waals surface area contributed by atoms with Gasteiger partial charge in [0, 0.05) is 36.5 Å². The van der Waals surface area contributed by atoms with E-state index in [0.717, 1.165) is 83.6 Å². The van der Waals surface area contributed by atoms with Crippen molar-refractivity contribution in [2.75, 3.05) is 6.54 Å². The normalized spacial score (nSPS) is 40.4. The van der Waals surface area contributed by atoms with Crippen LogP contribution in [0.1, 0.15) is 77.0 Å². The molecule has 0 radical (unpaired) electrons. The van der Waals surface area contributed by atoms with E-state index in [-0.39, 0.29) is 47.6 Å². The van der Waals surface area contributed by atoms with E-state index in [4.69, 9.17) is 22.6 Å². The van der Waals surface area contributed by atoms with E-state index in [1.54, 1.807) is 0 Å². The summed E-state index contributed by atoms with van der Waals surface area (Å²) in [4.78, 5) is 27.5. The van der Waals surface area contributed by atoms with Crippen molar-refractivity contribution in [3.63, 3.8) is 0 Å². The summed E-state index contributed by atoms with van der Waals surface area (Å²) in [5.74, 6) is 1.41. The molecule has 4 atom stereocenters. The van der Waals surface area contributed by atoms with Gasteiger partial charge in [0.25, 0.3) is 0 Å². The number of fused-ring (bicyclic) bond motifs is 1. The van der Waals surface area contributed by atoms with Crippen LogP contribution in [0.15, 0.2) is 0 Å². The predicted molar refractivity (Wildman–Crippen MR) is 125 cm³/mol. The van der Waals surface area contributed by atoms with E-state index in [2.05, 4.69) is 10.2 Å². The number of primary amides is 1. The Bertz CT molecular complexity index is 699. The summed E-state index contributed by atoms with van der Waals surface area (Å²) in [6.07, 6.45) is 11.4. The third-order valence-corrected chi connectivity index (χ3v) is 8.89. The topological polar surface area (TPSA) is 151 Å². The molecule has 4 fully saturated rings. The van der Waals surface area contributed by atoms with Crippen LogP contribution in [0.5, 0.6) is 0 Å². The maximum Gasteiger partial charge on any atom is 0.237 e. The Labute approximate surface area is 191 Å². The van der Waals surface area contributed by atoms with E-state index < -0.39 is 0 Å². The number of rotatable bonds is 6. The van der Waals surface area contributed by atoms with Gasteiger partial charge in [-0.25, -0.2) is 0 Å². The maximum absolute atomic E-state index is 13.4. The first kappa shape index (κ1) is 23.5. The van der Waals surface area contributed by atoms with Gasteiger partial charge in [-0.3, -0.25) is 19.9 Å². The molecule has 1 heterocycles. The molecule has 1 saturated heterocycles. The van der Waals surface area contributed by atoms with Gasteiger partial charge in [-0.2, -0.15) is 0 Å². The maximum atomic E-state index is 13.4. The average Bonchev–Trinajstić information content (AvgIpc) is 3.13. The van der Waals surface area contributed by atoms with Gasteiger partial charge < -0.3 is 22.5 Å². The van der Waals surface area contributed by atoms with E-state index in [9.17, 15) is 9.59 Å². The Kier molecular flexibility index (Phi) is 7.40. The summed E-state index contributed by atoms with van der Waals surface area (Å²) in [7, 11) is 0. The van der Waals surface area contributed by atoms with Crippen LogP contribution in [0.4, 0.5) is 0 Å². The number of carbonyl (C=O) groups is 2. The van der Waals surface area contributed by atoms with Gasteiger partial charge in [0.15, 0.2) is 0 Å². The van der Waals surface area contributed by atoms with E-state index in [1.807, 2.05) is 0 Å². The monoisotopic (exact) mass is 446 g/mol. The zero-order valence-corrected chi connectivity index (χ0v) is 19.3. The molecule has 180 valence electrons. The summed E-state index contributed by atoms with van der Waals surface area (Å²) < 4.78 is 0. The zero-order chi connectivity index (χ0) is 22.8. The van der Waals surface area contributed by atoms with Crippen LogP contribution in [0, 0.1) is 29.1 Å². The molecule has 8 N–H and O–H groups in total. The van der Waals surface area contributed by atoms with Gasteiger partial charge >= 0.3 is 0 Å². The fraction of sp³-hybridized carbons (Fsp3) is 0.875. The van der Waals surface area contributed by atoms with Crippen molar-refractivity contribution in [1.29, 1.82) is 5.41 Å².